The minimum Gasteiger partial charge on any atom is -0.481 e. The number of carbonyl (C=O) groups is 1. The monoisotopic (exact) mass is 378 g/mol. The molecule has 2 aromatic carbocycles. The number of nitro groups is 1. The zero-order chi connectivity index (χ0) is 19.3. The van der Waals surface area contributed by atoms with Gasteiger partial charge in [-0.2, -0.15) is 0 Å². The molecule has 1 atom stereocenters. The van der Waals surface area contributed by atoms with Crippen molar-refractivity contribution in [3.8, 4) is 5.75 Å². The normalized spacial score (nSPS) is 12.2. The number of hydrogen-bond acceptors (Lipinski definition) is 6. The van der Waals surface area contributed by atoms with Gasteiger partial charge in [0, 0.05) is 12.1 Å². The van der Waals surface area contributed by atoms with Crippen molar-refractivity contribution < 1.29 is 22.9 Å². The van der Waals surface area contributed by atoms with Crippen LogP contribution < -0.4 is 9.46 Å². The fourth-order valence-corrected chi connectivity index (χ4v) is 3.26. The average molecular weight is 378 g/mol. The van der Waals surface area contributed by atoms with Gasteiger partial charge >= 0.3 is 0 Å². The molecule has 2 rings (SSSR count). The Morgan fingerprint density at radius 3 is 2.27 bits per heavy atom. The molecule has 26 heavy (non-hydrogen) atoms. The molecule has 0 aliphatic heterocycles. The van der Waals surface area contributed by atoms with Crippen LogP contribution in [0.4, 0.5) is 5.69 Å². The maximum atomic E-state index is 12.1. The second kappa shape index (κ2) is 7.96. The number of nitrogens with zero attached hydrogens (tertiary/aromatic N) is 1. The number of benzene rings is 2. The lowest BCUT2D eigenvalue weighted by Gasteiger charge is -2.15. The van der Waals surface area contributed by atoms with Crippen molar-refractivity contribution in [2.24, 2.45) is 0 Å². The standard InChI is InChI=1S/C17H18N2O6S/c1-12-3-9-16(10-4-12)25-13(2)17(20)18-26(23,24)11-14-5-7-15(8-6-14)19(21)22/h3-10,13H,11H2,1-2H3,(H,18,20)/t13-/m0/s1. The van der Waals surface area contributed by atoms with Crippen LogP contribution in [-0.2, 0) is 20.6 Å². The number of rotatable bonds is 7. The van der Waals surface area contributed by atoms with Gasteiger partial charge < -0.3 is 4.74 Å². The van der Waals surface area contributed by atoms with Crippen LogP contribution >= 0.6 is 0 Å². The summed E-state index contributed by atoms with van der Waals surface area (Å²) in [6.45, 7) is 3.35. The van der Waals surface area contributed by atoms with E-state index >= 15 is 0 Å². The van der Waals surface area contributed by atoms with Crippen molar-refractivity contribution in [3.05, 3.63) is 69.8 Å². The molecule has 0 radical (unpaired) electrons. The van der Waals surface area contributed by atoms with Crippen LogP contribution in [-0.4, -0.2) is 25.4 Å². The van der Waals surface area contributed by atoms with Crippen LogP contribution in [0.1, 0.15) is 18.1 Å². The zero-order valence-electron chi connectivity index (χ0n) is 14.2. The van der Waals surface area contributed by atoms with Crippen LogP contribution in [0.3, 0.4) is 0 Å². The molecular weight excluding hydrogens is 360 g/mol. The van der Waals surface area contributed by atoms with E-state index in [1.165, 1.54) is 31.2 Å². The highest BCUT2D eigenvalue weighted by Crippen LogP contribution is 2.15. The van der Waals surface area contributed by atoms with Crippen LogP contribution in [0.2, 0.25) is 0 Å². The lowest BCUT2D eigenvalue weighted by Crippen LogP contribution is -2.40. The van der Waals surface area contributed by atoms with E-state index in [2.05, 4.69) is 0 Å². The number of sulfonamides is 1. The average Bonchev–Trinajstić information content (AvgIpc) is 2.56. The molecule has 0 spiro atoms. The Labute approximate surface area is 151 Å². The van der Waals surface area contributed by atoms with Gasteiger partial charge in [-0.1, -0.05) is 29.8 Å². The highest BCUT2D eigenvalue weighted by molar-refractivity contribution is 7.89. The molecule has 0 heterocycles. The Morgan fingerprint density at radius 1 is 1.15 bits per heavy atom. The molecule has 2 aromatic rings. The van der Waals surface area contributed by atoms with Gasteiger partial charge in [0.2, 0.25) is 10.0 Å². The summed E-state index contributed by atoms with van der Waals surface area (Å²) in [5, 5.41) is 10.6. The van der Waals surface area contributed by atoms with Crippen molar-refractivity contribution in [3.63, 3.8) is 0 Å². The van der Waals surface area contributed by atoms with Crippen molar-refractivity contribution in [2.75, 3.05) is 0 Å². The van der Waals surface area contributed by atoms with Crippen LogP contribution in [0.15, 0.2) is 48.5 Å². The third-order valence-electron chi connectivity index (χ3n) is 3.46. The van der Waals surface area contributed by atoms with Crippen molar-refractivity contribution in [1.82, 2.24) is 4.72 Å². The molecule has 0 aliphatic rings. The quantitative estimate of drug-likeness (QED) is 0.584. The van der Waals surface area contributed by atoms with E-state index in [-0.39, 0.29) is 5.69 Å². The Morgan fingerprint density at radius 2 is 1.73 bits per heavy atom. The molecule has 0 unspecified atom stereocenters. The topological polar surface area (TPSA) is 116 Å². The minimum absolute atomic E-state index is 0.143. The Balaban J connectivity index is 1.97. The molecule has 8 nitrogen and oxygen atoms in total. The van der Waals surface area contributed by atoms with E-state index in [4.69, 9.17) is 4.74 Å². The summed E-state index contributed by atoms with van der Waals surface area (Å²) < 4.78 is 31.6. The van der Waals surface area contributed by atoms with Gasteiger partial charge in [0.15, 0.2) is 6.10 Å². The third-order valence-corrected chi connectivity index (χ3v) is 4.69. The number of non-ortho nitro benzene ring substituents is 1. The first-order valence-corrected chi connectivity index (χ1v) is 9.32. The Hall–Kier alpha value is -2.94. The molecule has 9 heteroatoms. The van der Waals surface area contributed by atoms with Gasteiger partial charge in [0.1, 0.15) is 5.75 Å². The fraction of sp³-hybridized carbons (Fsp3) is 0.235. The van der Waals surface area contributed by atoms with E-state index in [1.807, 2.05) is 23.8 Å². The third kappa shape index (κ3) is 5.55. The van der Waals surface area contributed by atoms with Gasteiger partial charge in [0.05, 0.1) is 10.7 Å². The first-order chi connectivity index (χ1) is 12.2. The summed E-state index contributed by atoms with van der Waals surface area (Å²) in [6, 6.07) is 12.1. The lowest BCUT2D eigenvalue weighted by molar-refractivity contribution is -0.384. The zero-order valence-corrected chi connectivity index (χ0v) is 15.0. The second-order valence-corrected chi connectivity index (χ2v) is 7.44. The first kappa shape index (κ1) is 19.4. The lowest BCUT2D eigenvalue weighted by atomic mass is 10.2. The molecule has 0 bridgehead atoms. The summed E-state index contributed by atoms with van der Waals surface area (Å²) in [5.74, 6) is -0.827. The maximum absolute atomic E-state index is 12.1. The molecule has 0 aliphatic carbocycles. The van der Waals surface area contributed by atoms with Gasteiger partial charge in [-0.05, 0) is 31.5 Å². The van der Waals surface area contributed by atoms with Gasteiger partial charge in [-0.25, -0.2) is 13.1 Å². The highest BCUT2D eigenvalue weighted by atomic mass is 32.2. The highest BCUT2D eigenvalue weighted by Gasteiger charge is 2.22. The first-order valence-electron chi connectivity index (χ1n) is 7.67. The number of aryl methyl sites for hydroxylation is 1. The number of ether oxygens (including phenoxy) is 1. The minimum atomic E-state index is -3.96. The summed E-state index contributed by atoms with van der Waals surface area (Å²) >= 11 is 0. The molecule has 1 amide bonds. The van der Waals surface area contributed by atoms with E-state index < -0.39 is 32.7 Å². The predicted octanol–water partition coefficient (Wildman–Crippen LogP) is 2.32. The van der Waals surface area contributed by atoms with E-state index in [9.17, 15) is 23.3 Å². The molecule has 0 fully saturated rings. The van der Waals surface area contributed by atoms with Gasteiger partial charge in [0.25, 0.3) is 11.6 Å². The Kier molecular flexibility index (Phi) is 5.93. The van der Waals surface area contributed by atoms with Crippen LogP contribution in [0, 0.1) is 17.0 Å². The Bertz CT molecular complexity index is 892. The molecular formula is C17H18N2O6S. The number of hydrogen-bond donors (Lipinski definition) is 1. The molecule has 0 saturated carbocycles. The van der Waals surface area contributed by atoms with Crippen molar-refractivity contribution >= 4 is 21.6 Å². The van der Waals surface area contributed by atoms with E-state index in [0.717, 1.165) is 5.56 Å². The smallest absolute Gasteiger partial charge is 0.274 e. The molecule has 138 valence electrons. The van der Waals surface area contributed by atoms with Crippen LogP contribution in [0.25, 0.3) is 0 Å². The molecule has 1 N–H and O–H groups in total. The van der Waals surface area contributed by atoms with E-state index in [0.29, 0.717) is 11.3 Å². The fourth-order valence-electron chi connectivity index (χ4n) is 2.08. The van der Waals surface area contributed by atoms with Crippen molar-refractivity contribution in [2.45, 2.75) is 25.7 Å². The summed E-state index contributed by atoms with van der Waals surface area (Å²) in [5.41, 5.74) is 1.21. The predicted molar refractivity (Wildman–Crippen MR) is 95.1 cm³/mol. The molecule has 0 aromatic heterocycles. The van der Waals surface area contributed by atoms with Gasteiger partial charge in [-0.3, -0.25) is 14.9 Å². The summed E-state index contributed by atoms with van der Waals surface area (Å²) in [4.78, 5) is 22.1. The van der Waals surface area contributed by atoms with Crippen molar-refractivity contribution in [1.29, 1.82) is 0 Å². The summed E-state index contributed by atoms with van der Waals surface area (Å²) in [7, 11) is -3.96. The van der Waals surface area contributed by atoms with Crippen LogP contribution in [0.5, 0.6) is 5.75 Å². The maximum Gasteiger partial charge on any atom is 0.274 e. The largest absolute Gasteiger partial charge is 0.481 e. The number of carbonyl (C=O) groups excluding carboxylic acids is 1. The summed E-state index contributed by atoms with van der Waals surface area (Å²) in [6.07, 6.45) is -1.01. The van der Waals surface area contributed by atoms with E-state index in [1.54, 1.807) is 12.1 Å². The van der Waals surface area contributed by atoms with Gasteiger partial charge in [-0.15, -0.1) is 0 Å². The number of amides is 1. The number of nitrogens with one attached hydrogen (secondary N) is 1. The SMILES string of the molecule is Cc1ccc(O[C@@H](C)C(=O)NS(=O)(=O)Cc2ccc([N+](=O)[O-])cc2)cc1. The molecule has 0 saturated heterocycles. The second-order valence-electron chi connectivity index (χ2n) is 5.72. The number of nitro benzene ring substituents is 1.